The van der Waals surface area contributed by atoms with Crippen molar-refractivity contribution in [1.82, 2.24) is 25.4 Å². The molecule has 1 fully saturated rings. The molecule has 1 saturated heterocycles. The van der Waals surface area contributed by atoms with Crippen LogP contribution in [-0.2, 0) is 24.1 Å². The van der Waals surface area contributed by atoms with Crippen molar-refractivity contribution in [3.05, 3.63) is 11.6 Å². The Morgan fingerprint density at radius 1 is 1.20 bits per heavy atom. The van der Waals surface area contributed by atoms with Gasteiger partial charge >= 0.3 is 0 Å². The molecule has 0 spiro atoms. The van der Waals surface area contributed by atoms with Gasteiger partial charge < -0.3 is 19.9 Å². The van der Waals surface area contributed by atoms with E-state index in [4.69, 9.17) is 4.74 Å². The summed E-state index contributed by atoms with van der Waals surface area (Å²) in [7, 11) is 1.82. The first kappa shape index (κ1) is 20.4. The Balaban J connectivity index is 0.00000225. The molecule has 142 valence electrons. The highest BCUT2D eigenvalue weighted by molar-refractivity contribution is 14.0. The van der Waals surface area contributed by atoms with E-state index in [9.17, 15) is 0 Å². The molecule has 2 aliphatic rings. The third-order valence-corrected chi connectivity index (χ3v) is 4.95. The van der Waals surface area contributed by atoms with Crippen molar-refractivity contribution < 1.29 is 4.74 Å². The molecule has 7 nitrogen and oxygen atoms in total. The van der Waals surface area contributed by atoms with E-state index in [1.165, 1.54) is 19.3 Å². The molecule has 0 amide bonds. The lowest BCUT2D eigenvalue weighted by Gasteiger charge is -2.23. The third-order valence-electron chi connectivity index (χ3n) is 4.95. The van der Waals surface area contributed by atoms with Crippen LogP contribution in [0.5, 0.6) is 0 Å². The second-order valence-electron chi connectivity index (χ2n) is 6.68. The van der Waals surface area contributed by atoms with E-state index in [1.807, 2.05) is 7.05 Å². The van der Waals surface area contributed by atoms with Crippen molar-refractivity contribution in [2.45, 2.75) is 51.5 Å². The average molecular weight is 462 g/mol. The van der Waals surface area contributed by atoms with E-state index in [-0.39, 0.29) is 24.0 Å². The summed E-state index contributed by atoms with van der Waals surface area (Å²) in [5.74, 6) is 3.81. The van der Waals surface area contributed by atoms with Crippen molar-refractivity contribution >= 4 is 29.9 Å². The maximum Gasteiger partial charge on any atom is 0.190 e. The van der Waals surface area contributed by atoms with Crippen molar-refractivity contribution in [3.63, 3.8) is 0 Å². The van der Waals surface area contributed by atoms with Crippen molar-refractivity contribution in [2.24, 2.45) is 10.9 Å². The molecule has 2 aliphatic heterocycles. The van der Waals surface area contributed by atoms with Gasteiger partial charge in [0.05, 0.1) is 0 Å². The SMILES string of the molecule is CN=C(NCCc1nnc2n1CCCCC2)NCC1CCOCC1.I. The van der Waals surface area contributed by atoms with Gasteiger partial charge in [0.1, 0.15) is 11.6 Å². The highest BCUT2D eigenvalue weighted by Gasteiger charge is 2.15. The third kappa shape index (κ3) is 6.09. The summed E-state index contributed by atoms with van der Waals surface area (Å²) in [4.78, 5) is 4.31. The topological polar surface area (TPSA) is 76.4 Å². The Hall–Kier alpha value is -0.900. The molecule has 0 saturated carbocycles. The van der Waals surface area contributed by atoms with Gasteiger partial charge in [-0.3, -0.25) is 4.99 Å². The maximum atomic E-state index is 5.40. The van der Waals surface area contributed by atoms with Crippen LogP contribution in [0.3, 0.4) is 0 Å². The normalized spacial score (nSPS) is 18.8. The number of aryl methyl sites for hydroxylation is 1. The number of halogens is 1. The van der Waals surface area contributed by atoms with Crippen LogP contribution in [0, 0.1) is 5.92 Å². The molecule has 0 aromatic carbocycles. The molecule has 8 heteroatoms. The van der Waals surface area contributed by atoms with Crippen LogP contribution in [-0.4, -0.2) is 54.1 Å². The summed E-state index contributed by atoms with van der Waals surface area (Å²) >= 11 is 0. The van der Waals surface area contributed by atoms with Gasteiger partial charge in [-0.2, -0.15) is 0 Å². The summed E-state index contributed by atoms with van der Waals surface area (Å²) in [5.41, 5.74) is 0. The summed E-state index contributed by atoms with van der Waals surface area (Å²) in [6.07, 6.45) is 7.98. The molecule has 0 bridgehead atoms. The molecule has 25 heavy (non-hydrogen) atoms. The number of hydrogen-bond donors (Lipinski definition) is 2. The number of fused-ring (bicyclic) bond motifs is 1. The molecule has 3 heterocycles. The molecule has 0 aliphatic carbocycles. The number of nitrogens with zero attached hydrogens (tertiary/aromatic N) is 4. The van der Waals surface area contributed by atoms with E-state index < -0.39 is 0 Å². The Bertz CT molecular complexity index is 541. The molecule has 0 radical (unpaired) electrons. The average Bonchev–Trinajstić information content (AvgIpc) is 2.85. The molecular weight excluding hydrogens is 431 g/mol. The Labute approximate surface area is 167 Å². The van der Waals surface area contributed by atoms with Crippen molar-refractivity contribution in [1.29, 1.82) is 0 Å². The van der Waals surface area contributed by atoms with Crippen LogP contribution in [0.15, 0.2) is 4.99 Å². The summed E-state index contributed by atoms with van der Waals surface area (Å²) in [6, 6.07) is 0. The first-order chi connectivity index (χ1) is 11.9. The lowest BCUT2D eigenvalue weighted by molar-refractivity contribution is 0.0675. The lowest BCUT2D eigenvalue weighted by Crippen LogP contribution is -2.41. The zero-order valence-corrected chi connectivity index (χ0v) is 17.5. The number of hydrogen-bond acceptors (Lipinski definition) is 4. The van der Waals surface area contributed by atoms with Gasteiger partial charge in [0.15, 0.2) is 5.96 Å². The predicted molar refractivity (Wildman–Crippen MR) is 110 cm³/mol. The molecule has 3 rings (SSSR count). The van der Waals surface area contributed by atoms with Crippen LogP contribution in [0.25, 0.3) is 0 Å². The highest BCUT2D eigenvalue weighted by atomic mass is 127. The first-order valence-electron chi connectivity index (χ1n) is 9.30. The smallest absolute Gasteiger partial charge is 0.190 e. The molecule has 0 atom stereocenters. The van der Waals surface area contributed by atoms with E-state index in [0.717, 1.165) is 76.1 Å². The van der Waals surface area contributed by atoms with Crippen LogP contribution < -0.4 is 10.6 Å². The molecular formula is C17H31IN6O. The highest BCUT2D eigenvalue weighted by Crippen LogP contribution is 2.14. The number of rotatable bonds is 5. The van der Waals surface area contributed by atoms with E-state index >= 15 is 0 Å². The minimum absolute atomic E-state index is 0. The van der Waals surface area contributed by atoms with Gasteiger partial charge in [-0.1, -0.05) is 6.42 Å². The fraction of sp³-hybridized carbons (Fsp3) is 0.824. The van der Waals surface area contributed by atoms with E-state index in [1.54, 1.807) is 0 Å². The molecule has 1 aromatic heterocycles. The minimum atomic E-state index is 0. The van der Waals surface area contributed by atoms with E-state index in [2.05, 4.69) is 30.4 Å². The lowest BCUT2D eigenvalue weighted by atomic mass is 10.0. The number of nitrogens with one attached hydrogen (secondary N) is 2. The fourth-order valence-corrected chi connectivity index (χ4v) is 3.44. The standard InChI is InChI=1S/C17H30N6O.HI/c1-18-17(20-13-14-7-11-24-12-8-14)19-9-6-16-22-21-15-5-3-2-4-10-23(15)16;/h14H,2-13H2,1H3,(H2,18,19,20);1H. The summed E-state index contributed by atoms with van der Waals surface area (Å²) in [5, 5.41) is 15.6. The second kappa shape index (κ2) is 10.9. The second-order valence-corrected chi connectivity index (χ2v) is 6.68. The minimum Gasteiger partial charge on any atom is -0.381 e. The van der Waals surface area contributed by atoms with Gasteiger partial charge in [0.25, 0.3) is 0 Å². The molecule has 2 N–H and O–H groups in total. The fourth-order valence-electron chi connectivity index (χ4n) is 3.44. The van der Waals surface area contributed by atoms with Gasteiger partial charge in [-0.15, -0.1) is 34.2 Å². The summed E-state index contributed by atoms with van der Waals surface area (Å²) < 4.78 is 7.72. The Kier molecular flexibility index (Phi) is 8.94. The molecule has 0 unspecified atom stereocenters. The monoisotopic (exact) mass is 462 g/mol. The number of guanidine groups is 1. The zero-order chi connectivity index (χ0) is 16.6. The van der Waals surface area contributed by atoms with Crippen LogP contribution in [0.4, 0.5) is 0 Å². The number of aromatic nitrogens is 3. The Morgan fingerprint density at radius 2 is 2.04 bits per heavy atom. The van der Waals surface area contributed by atoms with E-state index in [0.29, 0.717) is 5.92 Å². The Morgan fingerprint density at radius 3 is 2.84 bits per heavy atom. The first-order valence-corrected chi connectivity index (χ1v) is 9.30. The van der Waals surface area contributed by atoms with Crippen LogP contribution >= 0.6 is 24.0 Å². The van der Waals surface area contributed by atoms with Gasteiger partial charge in [0, 0.05) is 52.7 Å². The molecule has 1 aromatic rings. The van der Waals surface area contributed by atoms with Crippen molar-refractivity contribution in [2.75, 3.05) is 33.4 Å². The zero-order valence-electron chi connectivity index (χ0n) is 15.2. The van der Waals surface area contributed by atoms with Crippen LogP contribution in [0.2, 0.25) is 0 Å². The number of ether oxygens (including phenoxy) is 1. The van der Waals surface area contributed by atoms with Crippen molar-refractivity contribution in [3.8, 4) is 0 Å². The van der Waals surface area contributed by atoms with Gasteiger partial charge in [-0.05, 0) is 31.6 Å². The van der Waals surface area contributed by atoms with Gasteiger partial charge in [0.2, 0.25) is 0 Å². The summed E-state index contributed by atoms with van der Waals surface area (Å²) in [6.45, 7) is 4.62. The van der Waals surface area contributed by atoms with Crippen LogP contribution in [0.1, 0.15) is 43.8 Å². The maximum absolute atomic E-state index is 5.40. The van der Waals surface area contributed by atoms with Gasteiger partial charge in [-0.25, -0.2) is 0 Å². The quantitative estimate of drug-likeness (QED) is 0.396. The largest absolute Gasteiger partial charge is 0.381 e. The predicted octanol–water partition coefficient (Wildman–Crippen LogP) is 1.76. The number of aliphatic imine (C=N–C) groups is 1.